The Balaban J connectivity index is 2.34. The van der Waals surface area contributed by atoms with Crippen LogP contribution in [0.5, 0.6) is 0 Å². The van der Waals surface area contributed by atoms with Crippen molar-refractivity contribution in [2.75, 3.05) is 0 Å². The molecule has 0 aliphatic carbocycles. The smallest absolute Gasteiger partial charge is 0.312 e. The predicted molar refractivity (Wildman–Crippen MR) is 82.5 cm³/mol. The van der Waals surface area contributed by atoms with Crippen LogP contribution in [0.3, 0.4) is 0 Å². The number of hydrogen-bond acceptors (Lipinski definition) is 2. The third-order valence-electron chi connectivity index (χ3n) is 2.79. The summed E-state index contributed by atoms with van der Waals surface area (Å²) in [6.07, 6.45) is 1.82. The summed E-state index contributed by atoms with van der Waals surface area (Å²) in [6.45, 7) is 0. The molecule has 0 saturated carbocycles. The van der Waals surface area contributed by atoms with Crippen LogP contribution in [0.15, 0.2) is 41.0 Å². The van der Waals surface area contributed by atoms with E-state index in [1.165, 1.54) is 6.20 Å². The van der Waals surface area contributed by atoms with Gasteiger partial charge in [0.05, 0.1) is 10.7 Å². The van der Waals surface area contributed by atoms with E-state index < -0.39 is 11.9 Å². The van der Waals surface area contributed by atoms with Crippen LogP contribution in [0.1, 0.15) is 17.2 Å². The van der Waals surface area contributed by atoms with Crippen LogP contribution < -0.4 is 0 Å². The third-order valence-corrected chi connectivity index (χ3v) is 3.76. The normalized spacial score (nSPS) is 12.2. The maximum Gasteiger partial charge on any atom is 0.312 e. The number of halogens is 3. The number of carbonyl (C=O) groups is 1. The van der Waals surface area contributed by atoms with Gasteiger partial charge in [-0.25, -0.2) is 0 Å². The fourth-order valence-electron chi connectivity index (χ4n) is 1.88. The average Bonchev–Trinajstić information content (AvgIpc) is 2.36. The van der Waals surface area contributed by atoms with E-state index in [1.54, 1.807) is 24.3 Å². The number of pyridine rings is 1. The largest absolute Gasteiger partial charge is 0.481 e. The van der Waals surface area contributed by atoms with E-state index in [9.17, 15) is 9.90 Å². The molecule has 0 spiro atoms. The zero-order chi connectivity index (χ0) is 14.7. The molecule has 104 valence electrons. The van der Waals surface area contributed by atoms with Gasteiger partial charge in [0.1, 0.15) is 5.92 Å². The minimum absolute atomic E-state index is 0.282. The fourth-order valence-corrected chi connectivity index (χ4v) is 2.86. The second-order valence-electron chi connectivity index (χ2n) is 4.25. The van der Waals surface area contributed by atoms with Crippen molar-refractivity contribution in [2.45, 2.75) is 12.3 Å². The monoisotopic (exact) mass is 373 g/mol. The SMILES string of the molecule is O=C(O)C(Cc1cccc(Cl)c1)c1ncc(Br)cc1Cl. The van der Waals surface area contributed by atoms with Gasteiger partial charge in [0, 0.05) is 15.7 Å². The van der Waals surface area contributed by atoms with Gasteiger partial charge in [0.25, 0.3) is 0 Å². The molecule has 0 aliphatic rings. The lowest BCUT2D eigenvalue weighted by atomic mass is 9.96. The summed E-state index contributed by atoms with van der Waals surface area (Å²) in [5, 5.41) is 10.3. The van der Waals surface area contributed by atoms with Crippen LogP contribution in [-0.4, -0.2) is 16.1 Å². The zero-order valence-corrected chi connectivity index (χ0v) is 13.3. The molecule has 1 unspecified atom stereocenters. The van der Waals surface area contributed by atoms with Crippen LogP contribution in [-0.2, 0) is 11.2 Å². The molecule has 0 amide bonds. The number of hydrogen-bond donors (Lipinski definition) is 1. The number of carboxylic acids is 1. The summed E-state index contributed by atoms with van der Waals surface area (Å²) in [4.78, 5) is 15.6. The zero-order valence-electron chi connectivity index (χ0n) is 10.2. The van der Waals surface area contributed by atoms with Crippen LogP contribution in [0.25, 0.3) is 0 Å². The summed E-state index contributed by atoms with van der Waals surface area (Å²) < 4.78 is 0.707. The Kier molecular flexibility index (Phi) is 5.02. The number of rotatable bonds is 4. The highest BCUT2D eigenvalue weighted by molar-refractivity contribution is 9.10. The lowest BCUT2D eigenvalue weighted by molar-refractivity contribution is -0.138. The van der Waals surface area contributed by atoms with Crippen molar-refractivity contribution < 1.29 is 9.90 Å². The van der Waals surface area contributed by atoms with E-state index in [0.29, 0.717) is 20.2 Å². The minimum atomic E-state index is -0.971. The summed E-state index contributed by atoms with van der Waals surface area (Å²) in [7, 11) is 0. The Morgan fingerprint density at radius 1 is 1.35 bits per heavy atom. The van der Waals surface area contributed by atoms with Gasteiger partial charge in [-0.3, -0.25) is 9.78 Å². The van der Waals surface area contributed by atoms with Crippen molar-refractivity contribution >= 4 is 45.1 Å². The summed E-state index contributed by atoms with van der Waals surface area (Å²) in [6, 6.07) is 8.73. The van der Waals surface area contributed by atoms with Crippen molar-refractivity contribution in [2.24, 2.45) is 0 Å². The van der Waals surface area contributed by atoms with Gasteiger partial charge in [0.2, 0.25) is 0 Å². The van der Waals surface area contributed by atoms with Crippen molar-refractivity contribution in [3.05, 3.63) is 62.3 Å². The number of carboxylic acid groups (broad SMARTS) is 1. The Labute approximate surface area is 134 Å². The Morgan fingerprint density at radius 2 is 2.10 bits per heavy atom. The molecular weight excluding hydrogens is 365 g/mol. The van der Waals surface area contributed by atoms with Crippen LogP contribution in [0.4, 0.5) is 0 Å². The molecule has 1 aromatic carbocycles. The van der Waals surface area contributed by atoms with Crippen LogP contribution in [0, 0.1) is 0 Å². The Morgan fingerprint density at radius 3 is 2.70 bits per heavy atom. The molecule has 3 nitrogen and oxygen atoms in total. The van der Waals surface area contributed by atoms with E-state index in [4.69, 9.17) is 23.2 Å². The predicted octanol–water partition coefficient (Wildman–Crippen LogP) is 4.56. The Bertz CT molecular complexity index is 649. The molecule has 0 fully saturated rings. The topological polar surface area (TPSA) is 50.2 Å². The van der Waals surface area contributed by atoms with E-state index >= 15 is 0 Å². The first-order chi connectivity index (χ1) is 9.47. The van der Waals surface area contributed by atoms with Crippen LogP contribution in [0.2, 0.25) is 10.0 Å². The van der Waals surface area contributed by atoms with Crippen molar-refractivity contribution in [3.63, 3.8) is 0 Å². The highest BCUT2D eigenvalue weighted by atomic mass is 79.9. The molecule has 1 atom stereocenters. The lowest BCUT2D eigenvalue weighted by Gasteiger charge is -2.13. The molecule has 2 aromatic rings. The quantitative estimate of drug-likeness (QED) is 0.853. The van der Waals surface area contributed by atoms with Crippen LogP contribution >= 0.6 is 39.1 Å². The first kappa shape index (κ1) is 15.3. The van der Waals surface area contributed by atoms with Gasteiger partial charge < -0.3 is 5.11 Å². The van der Waals surface area contributed by atoms with E-state index in [-0.39, 0.29) is 6.42 Å². The van der Waals surface area contributed by atoms with E-state index in [1.807, 2.05) is 6.07 Å². The molecule has 0 radical (unpaired) electrons. The van der Waals surface area contributed by atoms with Gasteiger partial charge in [-0.15, -0.1) is 0 Å². The minimum Gasteiger partial charge on any atom is -0.481 e. The molecule has 1 N–H and O–H groups in total. The number of aliphatic carboxylic acids is 1. The first-order valence-electron chi connectivity index (χ1n) is 5.75. The average molecular weight is 375 g/mol. The molecule has 2 rings (SSSR count). The van der Waals surface area contributed by atoms with E-state index in [0.717, 1.165) is 5.56 Å². The van der Waals surface area contributed by atoms with Gasteiger partial charge >= 0.3 is 5.97 Å². The second kappa shape index (κ2) is 6.57. The molecule has 0 aliphatic heterocycles. The number of nitrogens with zero attached hydrogens (tertiary/aromatic N) is 1. The lowest BCUT2D eigenvalue weighted by Crippen LogP contribution is -2.16. The molecule has 0 saturated heterocycles. The van der Waals surface area contributed by atoms with Gasteiger partial charge in [-0.05, 0) is 46.1 Å². The van der Waals surface area contributed by atoms with Gasteiger partial charge in [-0.2, -0.15) is 0 Å². The number of aromatic nitrogens is 1. The van der Waals surface area contributed by atoms with Gasteiger partial charge in [0.15, 0.2) is 0 Å². The maximum absolute atomic E-state index is 11.5. The molecule has 1 aromatic heterocycles. The molecule has 20 heavy (non-hydrogen) atoms. The second-order valence-corrected chi connectivity index (χ2v) is 6.00. The molecule has 6 heteroatoms. The first-order valence-corrected chi connectivity index (χ1v) is 7.30. The standard InChI is InChI=1S/C14H10BrCl2NO2/c15-9-6-12(17)13(18-7-9)11(14(19)20)5-8-2-1-3-10(16)4-8/h1-4,6-7,11H,5H2,(H,19,20). The summed E-state index contributed by atoms with van der Waals surface area (Å²) >= 11 is 15.2. The van der Waals surface area contributed by atoms with Crippen molar-refractivity contribution in [1.29, 1.82) is 0 Å². The molecule has 0 bridgehead atoms. The number of benzene rings is 1. The van der Waals surface area contributed by atoms with E-state index in [2.05, 4.69) is 20.9 Å². The summed E-state index contributed by atoms with van der Waals surface area (Å²) in [5.74, 6) is -1.78. The Hall–Kier alpha value is -1.10. The summed E-state index contributed by atoms with van der Waals surface area (Å²) in [5.41, 5.74) is 1.17. The fraction of sp³-hybridized carbons (Fsp3) is 0.143. The third kappa shape index (κ3) is 3.72. The maximum atomic E-state index is 11.5. The van der Waals surface area contributed by atoms with Crippen molar-refractivity contribution in [3.8, 4) is 0 Å². The highest BCUT2D eigenvalue weighted by Crippen LogP contribution is 2.28. The van der Waals surface area contributed by atoms with Gasteiger partial charge in [-0.1, -0.05) is 35.3 Å². The highest BCUT2D eigenvalue weighted by Gasteiger charge is 2.24. The molecule has 1 heterocycles. The van der Waals surface area contributed by atoms with Crippen molar-refractivity contribution in [1.82, 2.24) is 4.98 Å². The molecular formula is C14H10BrCl2NO2.